The van der Waals surface area contributed by atoms with Crippen LogP contribution in [0.2, 0.25) is 0 Å². The van der Waals surface area contributed by atoms with Crippen LogP contribution in [0.1, 0.15) is 51.9 Å². The first-order chi connectivity index (χ1) is 9.28. The number of nitrogens with zero attached hydrogens (tertiary/aromatic N) is 1. The van der Waals surface area contributed by atoms with E-state index >= 15 is 0 Å². The first-order valence-corrected chi connectivity index (χ1v) is 8.32. The van der Waals surface area contributed by atoms with E-state index in [4.69, 9.17) is 4.74 Å². The Morgan fingerprint density at radius 1 is 1.00 bits per heavy atom. The van der Waals surface area contributed by atoms with Gasteiger partial charge in [-0.05, 0) is 45.2 Å². The van der Waals surface area contributed by atoms with Gasteiger partial charge in [0.2, 0.25) is 0 Å². The molecule has 2 aliphatic rings. The molecule has 1 aliphatic carbocycles. The van der Waals surface area contributed by atoms with E-state index in [-0.39, 0.29) is 0 Å². The number of nitrogens with one attached hydrogen (secondary N) is 1. The lowest BCUT2D eigenvalue weighted by molar-refractivity contribution is 0.0249. The predicted octanol–water partition coefficient (Wildman–Crippen LogP) is 2.66. The normalized spacial score (nSPS) is 29.2. The van der Waals surface area contributed by atoms with Gasteiger partial charge in [0.05, 0.1) is 12.2 Å². The van der Waals surface area contributed by atoms with Gasteiger partial charge < -0.3 is 15.0 Å². The van der Waals surface area contributed by atoms with Crippen LogP contribution in [0.5, 0.6) is 0 Å². The molecule has 19 heavy (non-hydrogen) atoms. The smallest absolute Gasteiger partial charge is 0.0707 e. The van der Waals surface area contributed by atoms with Gasteiger partial charge in [-0.3, -0.25) is 0 Å². The van der Waals surface area contributed by atoms with E-state index in [1.54, 1.807) is 0 Å². The first kappa shape index (κ1) is 15.3. The van der Waals surface area contributed by atoms with Crippen LogP contribution >= 0.6 is 0 Å². The van der Waals surface area contributed by atoms with Crippen LogP contribution in [0.3, 0.4) is 0 Å². The van der Waals surface area contributed by atoms with Crippen molar-refractivity contribution in [1.82, 2.24) is 10.2 Å². The molecule has 3 nitrogen and oxygen atoms in total. The summed E-state index contributed by atoms with van der Waals surface area (Å²) >= 11 is 0. The number of hydrogen-bond acceptors (Lipinski definition) is 3. The van der Waals surface area contributed by atoms with E-state index in [0.29, 0.717) is 12.2 Å². The fraction of sp³-hybridized carbons (Fsp3) is 1.00. The maximum atomic E-state index is 6.12. The summed E-state index contributed by atoms with van der Waals surface area (Å²) in [6, 6.07) is 0. The Morgan fingerprint density at radius 3 is 2.47 bits per heavy atom. The lowest BCUT2D eigenvalue weighted by Gasteiger charge is -2.28. The van der Waals surface area contributed by atoms with E-state index < -0.39 is 0 Å². The molecule has 2 atom stereocenters. The number of rotatable bonds is 7. The van der Waals surface area contributed by atoms with Crippen LogP contribution in [0.4, 0.5) is 0 Å². The Hall–Kier alpha value is -0.120. The summed E-state index contributed by atoms with van der Waals surface area (Å²) < 4.78 is 6.12. The molecule has 2 rings (SSSR count). The highest BCUT2D eigenvalue weighted by molar-refractivity contribution is 4.78. The molecule has 1 N–H and O–H groups in total. The molecule has 2 fully saturated rings. The summed E-state index contributed by atoms with van der Waals surface area (Å²) in [5, 5.41) is 3.39. The highest BCUT2D eigenvalue weighted by Gasteiger charge is 2.26. The van der Waals surface area contributed by atoms with Crippen molar-refractivity contribution < 1.29 is 4.74 Å². The largest absolute Gasteiger partial charge is 0.372 e. The Morgan fingerprint density at radius 2 is 1.74 bits per heavy atom. The second-order valence-electron chi connectivity index (χ2n) is 6.49. The lowest BCUT2D eigenvalue weighted by atomic mass is 9.89. The average molecular weight is 268 g/mol. The molecule has 112 valence electrons. The number of likely N-dealkylation sites (N-methyl/N-ethyl adjacent to an activating group) is 2. The quantitative estimate of drug-likeness (QED) is 0.768. The van der Waals surface area contributed by atoms with Gasteiger partial charge in [-0.25, -0.2) is 0 Å². The molecule has 1 heterocycles. The lowest BCUT2D eigenvalue weighted by Crippen LogP contribution is -2.34. The van der Waals surface area contributed by atoms with Crippen LogP contribution in [0, 0.1) is 5.92 Å². The minimum Gasteiger partial charge on any atom is -0.372 e. The Bertz CT molecular complexity index is 241. The van der Waals surface area contributed by atoms with Crippen molar-refractivity contribution in [3.8, 4) is 0 Å². The average Bonchev–Trinajstić information content (AvgIpc) is 2.85. The van der Waals surface area contributed by atoms with Crippen LogP contribution in [-0.4, -0.2) is 50.3 Å². The maximum Gasteiger partial charge on any atom is 0.0707 e. The summed E-state index contributed by atoms with van der Waals surface area (Å²) in [6.45, 7) is 6.63. The zero-order valence-corrected chi connectivity index (χ0v) is 12.9. The van der Waals surface area contributed by atoms with Crippen molar-refractivity contribution in [3.63, 3.8) is 0 Å². The van der Waals surface area contributed by atoms with Gasteiger partial charge in [-0.15, -0.1) is 0 Å². The number of ether oxygens (including phenoxy) is 1. The molecule has 0 bridgehead atoms. The monoisotopic (exact) mass is 268 g/mol. The second-order valence-corrected chi connectivity index (χ2v) is 6.49. The van der Waals surface area contributed by atoms with Gasteiger partial charge in [0.1, 0.15) is 0 Å². The molecular weight excluding hydrogens is 236 g/mol. The van der Waals surface area contributed by atoms with Crippen LogP contribution < -0.4 is 5.32 Å². The SMILES string of the molecule is CCNCC1CCC(CN(C)CC2CCCCC2)O1. The molecule has 0 amide bonds. The molecule has 1 saturated heterocycles. The minimum atomic E-state index is 0.452. The van der Waals surface area contributed by atoms with E-state index in [0.717, 1.165) is 25.6 Å². The third-order valence-corrected chi connectivity index (χ3v) is 4.63. The standard InChI is InChI=1S/C16H32N2O/c1-3-17-11-15-9-10-16(19-15)13-18(2)12-14-7-5-4-6-8-14/h14-17H,3-13H2,1-2H3. The van der Waals surface area contributed by atoms with Crippen LogP contribution in [0.15, 0.2) is 0 Å². The molecule has 2 unspecified atom stereocenters. The van der Waals surface area contributed by atoms with E-state index in [1.807, 2.05) is 0 Å². The van der Waals surface area contributed by atoms with Gasteiger partial charge in [0.25, 0.3) is 0 Å². The van der Waals surface area contributed by atoms with E-state index in [9.17, 15) is 0 Å². The van der Waals surface area contributed by atoms with Gasteiger partial charge in [0.15, 0.2) is 0 Å². The predicted molar refractivity (Wildman–Crippen MR) is 80.5 cm³/mol. The highest BCUT2D eigenvalue weighted by Crippen LogP contribution is 2.25. The van der Waals surface area contributed by atoms with Crippen molar-refractivity contribution in [2.75, 3.05) is 33.2 Å². The zero-order chi connectivity index (χ0) is 13.5. The molecule has 0 spiro atoms. The van der Waals surface area contributed by atoms with Crippen molar-refractivity contribution >= 4 is 0 Å². The second kappa shape index (κ2) is 8.23. The molecular formula is C16H32N2O. The Labute approximate surface area is 119 Å². The van der Waals surface area contributed by atoms with Gasteiger partial charge in [-0.1, -0.05) is 26.2 Å². The molecule has 0 radical (unpaired) electrons. The number of hydrogen-bond donors (Lipinski definition) is 1. The molecule has 0 aromatic rings. The molecule has 0 aromatic carbocycles. The third-order valence-electron chi connectivity index (χ3n) is 4.63. The topological polar surface area (TPSA) is 24.5 Å². The third kappa shape index (κ3) is 5.41. The van der Waals surface area contributed by atoms with Crippen LogP contribution in [-0.2, 0) is 4.74 Å². The minimum absolute atomic E-state index is 0.452. The molecule has 3 heteroatoms. The van der Waals surface area contributed by atoms with Crippen molar-refractivity contribution in [1.29, 1.82) is 0 Å². The molecule has 1 aliphatic heterocycles. The van der Waals surface area contributed by atoms with E-state index in [2.05, 4.69) is 24.2 Å². The van der Waals surface area contributed by atoms with Crippen molar-refractivity contribution in [3.05, 3.63) is 0 Å². The summed E-state index contributed by atoms with van der Waals surface area (Å²) in [5.74, 6) is 0.942. The van der Waals surface area contributed by atoms with E-state index in [1.165, 1.54) is 51.5 Å². The summed E-state index contributed by atoms with van der Waals surface area (Å²) in [4.78, 5) is 2.51. The van der Waals surface area contributed by atoms with Gasteiger partial charge >= 0.3 is 0 Å². The maximum absolute atomic E-state index is 6.12. The summed E-state index contributed by atoms with van der Waals surface area (Å²) in [5.41, 5.74) is 0. The van der Waals surface area contributed by atoms with Crippen LogP contribution in [0.25, 0.3) is 0 Å². The molecule has 0 aromatic heterocycles. The van der Waals surface area contributed by atoms with Gasteiger partial charge in [0, 0.05) is 19.6 Å². The zero-order valence-electron chi connectivity index (χ0n) is 12.9. The molecule has 1 saturated carbocycles. The summed E-state index contributed by atoms with van der Waals surface area (Å²) in [6.07, 6.45) is 10.6. The Kier molecular flexibility index (Phi) is 6.62. The highest BCUT2D eigenvalue weighted by atomic mass is 16.5. The summed E-state index contributed by atoms with van der Waals surface area (Å²) in [7, 11) is 2.27. The fourth-order valence-electron chi connectivity index (χ4n) is 3.60. The van der Waals surface area contributed by atoms with Crippen molar-refractivity contribution in [2.24, 2.45) is 5.92 Å². The Balaban J connectivity index is 1.61. The first-order valence-electron chi connectivity index (χ1n) is 8.32. The van der Waals surface area contributed by atoms with Gasteiger partial charge in [-0.2, -0.15) is 0 Å². The fourth-order valence-corrected chi connectivity index (χ4v) is 3.60. The van der Waals surface area contributed by atoms with Crippen molar-refractivity contribution in [2.45, 2.75) is 64.1 Å².